The molecule has 1 aliphatic heterocycles. The molecule has 1 aliphatic rings. The number of benzene rings is 2. The molecule has 0 amide bonds. The fourth-order valence-electron chi connectivity index (χ4n) is 2.92. The Morgan fingerprint density at radius 2 is 1.60 bits per heavy atom. The lowest BCUT2D eigenvalue weighted by Gasteiger charge is -2.29. The SMILES string of the molecule is c1ccc2c(c1)CCN(c1ccc3ccccc3n1)C2. The molecule has 0 aliphatic carbocycles. The molecule has 20 heavy (non-hydrogen) atoms. The van der Waals surface area contributed by atoms with E-state index in [0.29, 0.717) is 0 Å². The number of para-hydroxylation sites is 1. The van der Waals surface area contributed by atoms with Crippen LogP contribution in [-0.4, -0.2) is 11.5 Å². The number of rotatable bonds is 1. The van der Waals surface area contributed by atoms with Gasteiger partial charge in [-0.1, -0.05) is 42.5 Å². The van der Waals surface area contributed by atoms with E-state index in [1.165, 1.54) is 16.5 Å². The third kappa shape index (κ3) is 1.94. The lowest BCUT2D eigenvalue weighted by atomic mass is 10.00. The van der Waals surface area contributed by atoms with Gasteiger partial charge in [-0.05, 0) is 35.7 Å². The lowest BCUT2D eigenvalue weighted by Crippen LogP contribution is -2.30. The Balaban J connectivity index is 1.70. The number of hydrogen-bond acceptors (Lipinski definition) is 2. The number of pyridine rings is 1. The summed E-state index contributed by atoms with van der Waals surface area (Å²) in [5, 5.41) is 1.20. The third-order valence-corrected chi connectivity index (χ3v) is 4.04. The molecule has 0 radical (unpaired) electrons. The van der Waals surface area contributed by atoms with Gasteiger partial charge in [-0.2, -0.15) is 0 Å². The summed E-state index contributed by atoms with van der Waals surface area (Å²) in [5.74, 6) is 1.08. The molecule has 0 atom stereocenters. The van der Waals surface area contributed by atoms with Gasteiger partial charge in [0.2, 0.25) is 0 Å². The van der Waals surface area contributed by atoms with Gasteiger partial charge in [-0.3, -0.25) is 0 Å². The van der Waals surface area contributed by atoms with E-state index in [1.54, 1.807) is 0 Å². The first-order chi connectivity index (χ1) is 9.90. The largest absolute Gasteiger partial charge is 0.352 e. The van der Waals surface area contributed by atoms with E-state index in [-0.39, 0.29) is 0 Å². The standard InChI is InChI=1S/C18H16N2/c1-2-7-16-13-20(12-11-14(16)5-1)18-10-9-15-6-3-4-8-17(15)19-18/h1-10H,11-13H2. The maximum atomic E-state index is 4.80. The van der Waals surface area contributed by atoms with Gasteiger partial charge in [0.1, 0.15) is 5.82 Å². The summed E-state index contributed by atoms with van der Waals surface area (Å²) in [6, 6.07) is 21.3. The van der Waals surface area contributed by atoms with E-state index in [2.05, 4.69) is 59.5 Å². The molecule has 0 fully saturated rings. The highest BCUT2D eigenvalue weighted by Gasteiger charge is 2.16. The summed E-state index contributed by atoms with van der Waals surface area (Å²) < 4.78 is 0. The van der Waals surface area contributed by atoms with Crippen molar-refractivity contribution in [1.29, 1.82) is 0 Å². The fourth-order valence-corrected chi connectivity index (χ4v) is 2.92. The fraction of sp³-hybridized carbons (Fsp3) is 0.167. The van der Waals surface area contributed by atoms with E-state index in [1.807, 2.05) is 6.07 Å². The number of anilines is 1. The van der Waals surface area contributed by atoms with Crippen LogP contribution in [0.5, 0.6) is 0 Å². The van der Waals surface area contributed by atoms with Gasteiger partial charge >= 0.3 is 0 Å². The Morgan fingerprint density at radius 3 is 2.55 bits per heavy atom. The average Bonchev–Trinajstić information content (AvgIpc) is 2.54. The van der Waals surface area contributed by atoms with E-state index < -0.39 is 0 Å². The van der Waals surface area contributed by atoms with Crippen LogP contribution in [0.4, 0.5) is 5.82 Å². The van der Waals surface area contributed by atoms with Gasteiger partial charge in [-0.15, -0.1) is 0 Å². The second kappa shape index (κ2) is 4.64. The highest BCUT2D eigenvalue weighted by atomic mass is 15.2. The van der Waals surface area contributed by atoms with Crippen molar-refractivity contribution in [1.82, 2.24) is 4.98 Å². The molecule has 0 spiro atoms. The number of hydrogen-bond donors (Lipinski definition) is 0. The Labute approximate surface area is 118 Å². The normalized spacial score (nSPS) is 14.3. The Kier molecular flexibility index (Phi) is 2.66. The number of nitrogens with zero attached hydrogens (tertiary/aromatic N) is 2. The van der Waals surface area contributed by atoms with Crippen molar-refractivity contribution in [3.05, 3.63) is 71.8 Å². The van der Waals surface area contributed by atoms with Crippen molar-refractivity contribution in [3.8, 4) is 0 Å². The molecule has 98 valence electrons. The van der Waals surface area contributed by atoms with Crippen LogP contribution in [0.1, 0.15) is 11.1 Å². The summed E-state index contributed by atoms with van der Waals surface area (Å²) in [6.45, 7) is 2.00. The third-order valence-electron chi connectivity index (χ3n) is 4.04. The average molecular weight is 260 g/mol. The van der Waals surface area contributed by atoms with Crippen molar-refractivity contribution in [2.75, 3.05) is 11.4 Å². The van der Waals surface area contributed by atoms with Crippen molar-refractivity contribution in [2.45, 2.75) is 13.0 Å². The topological polar surface area (TPSA) is 16.1 Å². The van der Waals surface area contributed by atoms with E-state index in [0.717, 1.165) is 30.8 Å². The van der Waals surface area contributed by atoms with Gasteiger partial charge in [0.05, 0.1) is 5.52 Å². The monoisotopic (exact) mass is 260 g/mol. The van der Waals surface area contributed by atoms with E-state index >= 15 is 0 Å². The summed E-state index contributed by atoms with van der Waals surface area (Å²) in [6.07, 6.45) is 1.10. The molecule has 0 unspecified atom stereocenters. The quantitative estimate of drug-likeness (QED) is 0.661. The van der Waals surface area contributed by atoms with Crippen molar-refractivity contribution >= 4 is 16.7 Å². The molecule has 3 aromatic rings. The Bertz CT molecular complexity index is 764. The number of fused-ring (bicyclic) bond motifs is 2. The van der Waals surface area contributed by atoms with Crippen molar-refractivity contribution in [2.24, 2.45) is 0 Å². The van der Waals surface area contributed by atoms with Crippen molar-refractivity contribution < 1.29 is 0 Å². The smallest absolute Gasteiger partial charge is 0.129 e. The Morgan fingerprint density at radius 1 is 0.800 bits per heavy atom. The highest BCUT2D eigenvalue weighted by molar-refractivity contribution is 5.80. The molecule has 2 nitrogen and oxygen atoms in total. The molecule has 0 N–H and O–H groups in total. The minimum Gasteiger partial charge on any atom is -0.352 e. The predicted octanol–water partition coefficient (Wildman–Crippen LogP) is 3.80. The summed E-state index contributed by atoms with van der Waals surface area (Å²) in [5.41, 5.74) is 3.97. The van der Waals surface area contributed by atoms with Crippen LogP contribution >= 0.6 is 0 Å². The van der Waals surface area contributed by atoms with Crippen LogP contribution < -0.4 is 4.90 Å². The molecule has 2 heterocycles. The summed E-state index contributed by atoms with van der Waals surface area (Å²) in [7, 11) is 0. The molecule has 0 saturated heterocycles. The molecule has 0 bridgehead atoms. The van der Waals surface area contributed by atoms with Gasteiger partial charge in [0, 0.05) is 18.5 Å². The first-order valence-corrected chi connectivity index (χ1v) is 7.08. The minimum absolute atomic E-state index is 0.960. The molecular weight excluding hydrogens is 244 g/mol. The van der Waals surface area contributed by atoms with Crippen LogP contribution in [0.25, 0.3) is 10.9 Å². The molecule has 2 aromatic carbocycles. The Hall–Kier alpha value is -2.35. The van der Waals surface area contributed by atoms with E-state index in [9.17, 15) is 0 Å². The lowest BCUT2D eigenvalue weighted by molar-refractivity contribution is 0.722. The van der Waals surface area contributed by atoms with Crippen LogP contribution in [-0.2, 0) is 13.0 Å². The number of aromatic nitrogens is 1. The summed E-state index contributed by atoms with van der Waals surface area (Å²) in [4.78, 5) is 7.17. The zero-order chi connectivity index (χ0) is 13.4. The minimum atomic E-state index is 0.960. The van der Waals surface area contributed by atoms with Gasteiger partial charge in [-0.25, -0.2) is 4.98 Å². The summed E-state index contributed by atoms with van der Waals surface area (Å²) >= 11 is 0. The molecule has 2 heteroatoms. The molecule has 4 rings (SSSR count). The maximum Gasteiger partial charge on any atom is 0.129 e. The molecule has 1 aromatic heterocycles. The molecular formula is C18H16N2. The van der Waals surface area contributed by atoms with Crippen LogP contribution in [0, 0.1) is 0 Å². The highest BCUT2D eigenvalue weighted by Crippen LogP contribution is 2.24. The first-order valence-electron chi connectivity index (χ1n) is 7.08. The molecule has 0 saturated carbocycles. The van der Waals surface area contributed by atoms with Crippen LogP contribution in [0.3, 0.4) is 0 Å². The van der Waals surface area contributed by atoms with E-state index in [4.69, 9.17) is 4.98 Å². The maximum absolute atomic E-state index is 4.80. The second-order valence-corrected chi connectivity index (χ2v) is 5.30. The zero-order valence-electron chi connectivity index (χ0n) is 11.3. The van der Waals surface area contributed by atoms with Crippen molar-refractivity contribution in [3.63, 3.8) is 0 Å². The second-order valence-electron chi connectivity index (χ2n) is 5.30. The first kappa shape index (κ1) is 11.5. The van der Waals surface area contributed by atoms with Gasteiger partial charge in [0.25, 0.3) is 0 Å². The van der Waals surface area contributed by atoms with Gasteiger partial charge in [0.15, 0.2) is 0 Å². The zero-order valence-corrected chi connectivity index (χ0v) is 11.3. The van der Waals surface area contributed by atoms with Crippen LogP contribution in [0.2, 0.25) is 0 Å². The van der Waals surface area contributed by atoms with Crippen LogP contribution in [0.15, 0.2) is 60.7 Å². The predicted molar refractivity (Wildman–Crippen MR) is 82.9 cm³/mol. The van der Waals surface area contributed by atoms with Gasteiger partial charge < -0.3 is 4.90 Å².